The van der Waals surface area contributed by atoms with E-state index in [1.54, 1.807) is 0 Å². The lowest BCUT2D eigenvalue weighted by Gasteiger charge is -2.17. The largest absolute Gasteiger partial charge is 0.355 e. The van der Waals surface area contributed by atoms with Crippen LogP contribution in [0.4, 0.5) is 0 Å². The van der Waals surface area contributed by atoms with Crippen molar-refractivity contribution in [2.45, 2.75) is 13.0 Å². The minimum absolute atomic E-state index is 0.105. The second-order valence-electron chi connectivity index (χ2n) is 4.63. The molecule has 2 aromatic rings. The van der Waals surface area contributed by atoms with Gasteiger partial charge in [0.1, 0.15) is 5.65 Å². The van der Waals surface area contributed by atoms with Crippen LogP contribution >= 0.6 is 0 Å². The van der Waals surface area contributed by atoms with E-state index in [-0.39, 0.29) is 5.91 Å². The summed E-state index contributed by atoms with van der Waals surface area (Å²) in [5.74, 6) is 0.105. The predicted octanol–water partition coefficient (Wildman–Crippen LogP) is 0.885. The average Bonchev–Trinajstić information content (AvgIpc) is 2.72. The standard InChI is InChI=1S/C13H16N4O/c18-12-9-17(7-1-5-14-12)8-11-3-2-10-4-6-15-13(10)16-11/h2-4,6H,1,5,7-9H2,(H,14,18)(H,15,16). The number of hydrogen-bond acceptors (Lipinski definition) is 3. The Morgan fingerprint density at radius 1 is 1.33 bits per heavy atom. The molecule has 0 saturated carbocycles. The van der Waals surface area contributed by atoms with E-state index in [1.807, 2.05) is 18.3 Å². The smallest absolute Gasteiger partial charge is 0.234 e. The van der Waals surface area contributed by atoms with Crippen LogP contribution in [0.15, 0.2) is 24.4 Å². The normalized spacial score (nSPS) is 17.7. The van der Waals surface area contributed by atoms with Crippen molar-refractivity contribution in [2.24, 2.45) is 0 Å². The van der Waals surface area contributed by atoms with Crippen molar-refractivity contribution in [3.05, 3.63) is 30.1 Å². The second kappa shape index (κ2) is 4.78. The SMILES string of the molecule is O=C1CN(Cc2ccc3cc[nH]c3n2)CCCN1. The van der Waals surface area contributed by atoms with Crippen LogP contribution in [0.2, 0.25) is 0 Å². The fourth-order valence-electron chi connectivity index (χ4n) is 2.29. The van der Waals surface area contributed by atoms with Gasteiger partial charge in [-0.15, -0.1) is 0 Å². The van der Waals surface area contributed by atoms with E-state index in [2.05, 4.69) is 26.3 Å². The monoisotopic (exact) mass is 244 g/mol. The minimum atomic E-state index is 0.105. The summed E-state index contributed by atoms with van der Waals surface area (Å²) in [6, 6.07) is 6.09. The van der Waals surface area contributed by atoms with Gasteiger partial charge in [0.2, 0.25) is 5.91 Å². The van der Waals surface area contributed by atoms with Crippen LogP contribution < -0.4 is 5.32 Å². The highest BCUT2D eigenvalue weighted by atomic mass is 16.2. The van der Waals surface area contributed by atoms with E-state index in [0.717, 1.165) is 42.8 Å². The number of carbonyl (C=O) groups is 1. The Morgan fingerprint density at radius 2 is 2.28 bits per heavy atom. The number of hydrogen-bond donors (Lipinski definition) is 2. The first-order chi connectivity index (χ1) is 8.81. The molecular weight excluding hydrogens is 228 g/mol. The van der Waals surface area contributed by atoms with Gasteiger partial charge in [0, 0.05) is 31.2 Å². The number of aromatic amines is 1. The number of H-pyrrole nitrogens is 1. The summed E-state index contributed by atoms with van der Waals surface area (Å²) >= 11 is 0. The Balaban J connectivity index is 1.76. The molecule has 0 atom stereocenters. The van der Waals surface area contributed by atoms with E-state index in [1.165, 1.54) is 0 Å². The van der Waals surface area contributed by atoms with Crippen LogP contribution in [0.25, 0.3) is 11.0 Å². The first-order valence-electron chi connectivity index (χ1n) is 6.23. The van der Waals surface area contributed by atoms with Crippen molar-refractivity contribution in [1.82, 2.24) is 20.2 Å². The van der Waals surface area contributed by atoms with E-state index in [0.29, 0.717) is 6.54 Å². The molecule has 0 aromatic carbocycles. The van der Waals surface area contributed by atoms with Crippen molar-refractivity contribution in [3.63, 3.8) is 0 Å². The van der Waals surface area contributed by atoms with Gasteiger partial charge in [0.05, 0.1) is 12.2 Å². The number of rotatable bonds is 2. The zero-order chi connectivity index (χ0) is 12.4. The molecule has 18 heavy (non-hydrogen) atoms. The van der Waals surface area contributed by atoms with Gasteiger partial charge in [-0.1, -0.05) is 0 Å². The molecule has 3 heterocycles. The van der Waals surface area contributed by atoms with Crippen molar-refractivity contribution >= 4 is 16.9 Å². The van der Waals surface area contributed by atoms with Gasteiger partial charge >= 0.3 is 0 Å². The third-order valence-corrected chi connectivity index (χ3v) is 3.19. The molecule has 1 amide bonds. The molecule has 1 aliphatic heterocycles. The Labute approximate surface area is 105 Å². The fraction of sp³-hybridized carbons (Fsp3) is 0.385. The van der Waals surface area contributed by atoms with Crippen molar-refractivity contribution in [2.75, 3.05) is 19.6 Å². The number of carbonyl (C=O) groups excluding carboxylic acids is 1. The highest BCUT2D eigenvalue weighted by molar-refractivity contribution is 5.78. The zero-order valence-electron chi connectivity index (χ0n) is 10.1. The summed E-state index contributed by atoms with van der Waals surface area (Å²) in [6.07, 6.45) is 2.89. The van der Waals surface area contributed by atoms with Gasteiger partial charge in [-0.2, -0.15) is 0 Å². The third-order valence-electron chi connectivity index (χ3n) is 3.19. The highest BCUT2D eigenvalue weighted by Gasteiger charge is 2.15. The molecule has 3 rings (SSSR count). The second-order valence-corrected chi connectivity index (χ2v) is 4.63. The van der Waals surface area contributed by atoms with Gasteiger partial charge in [-0.05, 0) is 24.6 Å². The number of nitrogens with one attached hydrogen (secondary N) is 2. The maximum absolute atomic E-state index is 11.5. The molecular formula is C13H16N4O. The quantitative estimate of drug-likeness (QED) is 0.824. The lowest BCUT2D eigenvalue weighted by Crippen LogP contribution is -2.32. The van der Waals surface area contributed by atoms with Crippen LogP contribution in [0, 0.1) is 0 Å². The number of fused-ring (bicyclic) bond motifs is 1. The molecule has 0 aliphatic carbocycles. The molecule has 5 nitrogen and oxygen atoms in total. The first kappa shape index (κ1) is 11.2. The van der Waals surface area contributed by atoms with Crippen LogP contribution in [0.5, 0.6) is 0 Å². The third kappa shape index (κ3) is 2.36. The van der Waals surface area contributed by atoms with Gasteiger partial charge in [0.25, 0.3) is 0 Å². The predicted molar refractivity (Wildman–Crippen MR) is 69.0 cm³/mol. The summed E-state index contributed by atoms with van der Waals surface area (Å²) in [7, 11) is 0. The van der Waals surface area contributed by atoms with Crippen molar-refractivity contribution < 1.29 is 4.79 Å². The van der Waals surface area contributed by atoms with Gasteiger partial charge in [-0.25, -0.2) is 4.98 Å². The topological polar surface area (TPSA) is 61.0 Å². The van der Waals surface area contributed by atoms with Crippen LogP contribution in [0.1, 0.15) is 12.1 Å². The molecule has 0 unspecified atom stereocenters. The molecule has 2 aromatic heterocycles. The summed E-state index contributed by atoms with van der Waals surface area (Å²) in [5, 5.41) is 4.00. The van der Waals surface area contributed by atoms with Crippen molar-refractivity contribution in [1.29, 1.82) is 0 Å². The maximum atomic E-state index is 11.5. The lowest BCUT2D eigenvalue weighted by atomic mass is 10.2. The van der Waals surface area contributed by atoms with E-state index >= 15 is 0 Å². The minimum Gasteiger partial charge on any atom is -0.355 e. The maximum Gasteiger partial charge on any atom is 0.234 e. The number of amides is 1. The van der Waals surface area contributed by atoms with Crippen LogP contribution in [-0.2, 0) is 11.3 Å². The fourth-order valence-corrected chi connectivity index (χ4v) is 2.29. The summed E-state index contributed by atoms with van der Waals surface area (Å²) in [5.41, 5.74) is 1.91. The molecule has 1 fully saturated rings. The van der Waals surface area contributed by atoms with Crippen LogP contribution in [0.3, 0.4) is 0 Å². The average molecular weight is 244 g/mol. The number of aromatic nitrogens is 2. The number of pyridine rings is 1. The Kier molecular flexibility index (Phi) is 2.98. The van der Waals surface area contributed by atoms with Gasteiger partial charge in [0.15, 0.2) is 0 Å². The molecule has 0 spiro atoms. The first-order valence-corrected chi connectivity index (χ1v) is 6.23. The Morgan fingerprint density at radius 3 is 3.22 bits per heavy atom. The molecule has 1 saturated heterocycles. The number of nitrogens with zero attached hydrogens (tertiary/aromatic N) is 2. The Bertz CT molecular complexity index is 563. The zero-order valence-corrected chi connectivity index (χ0v) is 10.1. The highest BCUT2D eigenvalue weighted by Crippen LogP contribution is 2.12. The van der Waals surface area contributed by atoms with Gasteiger partial charge < -0.3 is 10.3 Å². The molecule has 0 radical (unpaired) electrons. The molecule has 1 aliphatic rings. The van der Waals surface area contributed by atoms with Gasteiger partial charge in [-0.3, -0.25) is 9.69 Å². The van der Waals surface area contributed by atoms with E-state index in [9.17, 15) is 4.79 Å². The summed E-state index contributed by atoms with van der Waals surface area (Å²) in [6.45, 7) is 2.90. The molecule has 0 bridgehead atoms. The molecule has 2 N–H and O–H groups in total. The van der Waals surface area contributed by atoms with E-state index in [4.69, 9.17) is 0 Å². The Hall–Kier alpha value is -1.88. The molecule has 5 heteroatoms. The summed E-state index contributed by atoms with van der Waals surface area (Å²) in [4.78, 5) is 21.3. The lowest BCUT2D eigenvalue weighted by molar-refractivity contribution is -0.121. The summed E-state index contributed by atoms with van der Waals surface area (Å²) < 4.78 is 0. The van der Waals surface area contributed by atoms with Crippen molar-refractivity contribution in [3.8, 4) is 0 Å². The molecule has 94 valence electrons. The van der Waals surface area contributed by atoms with Crippen LogP contribution in [-0.4, -0.2) is 40.4 Å². The van der Waals surface area contributed by atoms with E-state index < -0.39 is 0 Å².